The lowest BCUT2D eigenvalue weighted by Gasteiger charge is -2.13. The van der Waals surface area contributed by atoms with Gasteiger partial charge in [-0.2, -0.15) is 0 Å². The molecule has 0 amide bonds. The van der Waals surface area contributed by atoms with Gasteiger partial charge >= 0.3 is 5.97 Å². The van der Waals surface area contributed by atoms with Crippen LogP contribution < -0.4 is 0 Å². The number of carbonyl (C=O) groups is 1. The highest BCUT2D eigenvalue weighted by molar-refractivity contribution is 8.04. The van der Waals surface area contributed by atoms with Gasteiger partial charge in [-0.05, 0) is 37.1 Å². The molecule has 0 aliphatic rings. The second-order valence-corrected chi connectivity index (χ2v) is 9.59. The van der Waals surface area contributed by atoms with Crippen LogP contribution in [0.15, 0.2) is 47.9 Å². The van der Waals surface area contributed by atoms with Gasteiger partial charge in [-0.3, -0.25) is 14.3 Å². The molecule has 1 N–H and O–H groups in total. The van der Waals surface area contributed by atoms with Crippen LogP contribution in [-0.2, 0) is 20.5 Å². The van der Waals surface area contributed by atoms with E-state index in [1.165, 1.54) is 18.4 Å². The van der Waals surface area contributed by atoms with Gasteiger partial charge < -0.3 is 9.63 Å². The van der Waals surface area contributed by atoms with Crippen molar-refractivity contribution < 1.29 is 19.0 Å². The number of rotatable bonds is 8. The highest BCUT2D eigenvalue weighted by atomic mass is 32.2. The number of aromatic nitrogens is 2. The van der Waals surface area contributed by atoms with Crippen LogP contribution in [0.2, 0.25) is 0 Å². The van der Waals surface area contributed by atoms with Crippen molar-refractivity contribution in [2.24, 2.45) is 0 Å². The number of aryl methyl sites for hydroxylation is 1. The third-order valence-corrected chi connectivity index (χ3v) is 6.28. The van der Waals surface area contributed by atoms with E-state index < -0.39 is 7.37 Å². The predicted octanol–water partition coefficient (Wildman–Crippen LogP) is 3.66. The van der Waals surface area contributed by atoms with Crippen molar-refractivity contribution in [3.63, 3.8) is 0 Å². The van der Waals surface area contributed by atoms with Crippen molar-refractivity contribution in [3.05, 3.63) is 54.0 Å². The number of hydrogen-bond donors (Lipinski definition) is 1. The second kappa shape index (κ2) is 9.13. The molecule has 2 rings (SSSR count). The molecule has 134 valence electrons. The van der Waals surface area contributed by atoms with Crippen molar-refractivity contribution in [2.75, 3.05) is 12.2 Å². The minimum absolute atomic E-state index is 0.119. The molecule has 0 saturated heterocycles. The normalized spacial score (nSPS) is 14.5. The van der Waals surface area contributed by atoms with Crippen LogP contribution in [0.25, 0.3) is 0 Å². The van der Waals surface area contributed by atoms with Crippen molar-refractivity contribution in [2.45, 2.75) is 30.9 Å². The Balaban J connectivity index is 1.84. The summed E-state index contributed by atoms with van der Waals surface area (Å²) in [5, 5.41) is 0.672. The van der Waals surface area contributed by atoms with E-state index in [2.05, 4.69) is 9.97 Å². The fourth-order valence-corrected chi connectivity index (χ4v) is 3.92. The lowest BCUT2D eigenvalue weighted by Crippen LogP contribution is -2.10. The Kier molecular flexibility index (Phi) is 7.17. The zero-order valence-electron chi connectivity index (χ0n) is 14.2. The van der Waals surface area contributed by atoms with Crippen molar-refractivity contribution in [1.29, 1.82) is 0 Å². The van der Waals surface area contributed by atoms with Gasteiger partial charge in [0.2, 0.25) is 7.37 Å². The summed E-state index contributed by atoms with van der Waals surface area (Å²) in [4.78, 5) is 29.5. The summed E-state index contributed by atoms with van der Waals surface area (Å²) in [6.45, 7) is 3.14. The van der Waals surface area contributed by atoms with Gasteiger partial charge in [0.15, 0.2) is 0 Å². The van der Waals surface area contributed by atoms with Gasteiger partial charge in [0, 0.05) is 37.2 Å². The van der Waals surface area contributed by atoms with Crippen LogP contribution in [0.3, 0.4) is 0 Å². The molecule has 0 spiro atoms. The monoisotopic (exact) mass is 380 g/mol. The minimum Gasteiger partial charge on any atom is -0.458 e. The maximum Gasteiger partial charge on any atom is 0.306 e. The van der Waals surface area contributed by atoms with E-state index in [-0.39, 0.29) is 24.0 Å². The van der Waals surface area contributed by atoms with E-state index in [0.717, 1.165) is 11.1 Å². The number of ether oxygens (including phenoxy) is 1. The zero-order valence-corrected chi connectivity index (χ0v) is 15.9. The molecule has 2 heterocycles. The van der Waals surface area contributed by atoms with Gasteiger partial charge in [0.1, 0.15) is 6.10 Å². The summed E-state index contributed by atoms with van der Waals surface area (Å²) in [5.74, 6) is -0.282. The molecule has 0 aliphatic carbocycles. The van der Waals surface area contributed by atoms with Gasteiger partial charge in [-0.1, -0.05) is 17.8 Å². The van der Waals surface area contributed by atoms with Crippen LogP contribution in [0, 0.1) is 0 Å². The third kappa shape index (κ3) is 7.38. The highest BCUT2D eigenvalue weighted by Gasteiger charge is 2.13. The molecule has 0 radical (unpaired) electrons. The van der Waals surface area contributed by atoms with Crippen LogP contribution in [0.1, 0.15) is 30.6 Å². The van der Waals surface area contributed by atoms with E-state index in [0.29, 0.717) is 11.4 Å². The highest BCUT2D eigenvalue weighted by Crippen LogP contribution is 2.41. The molecular weight excluding hydrogens is 359 g/mol. The number of carbonyl (C=O) groups excluding carboxylic acids is 1. The first kappa shape index (κ1) is 19.6. The van der Waals surface area contributed by atoms with Crippen molar-refractivity contribution >= 4 is 25.1 Å². The fraction of sp³-hybridized carbons (Fsp3) is 0.353. The van der Waals surface area contributed by atoms with Gasteiger partial charge in [-0.15, -0.1) is 0 Å². The average molecular weight is 380 g/mol. The smallest absolute Gasteiger partial charge is 0.306 e. The summed E-state index contributed by atoms with van der Waals surface area (Å²) in [6, 6.07) is 7.33. The first-order valence-electron chi connectivity index (χ1n) is 7.80. The Labute approximate surface area is 151 Å². The molecule has 8 heteroatoms. The topological polar surface area (TPSA) is 89.4 Å². The molecule has 2 aromatic rings. The molecule has 1 unspecified atom stereocenters. The Morgan fingerprint density at radius 1 is 1.40 bits per heavy atom. The minimum atomic E-state index is -3.08. The lowest BCUT2D eigenvalue weighted by molar-refractivity contribution is -0.148. The number of pyridine rings is 2. The molecule has 0 saturated carbocycles. The van der Waals surface area contributed by atoms with Crippen molar-refractivity contribution in [3.8, 4) is 0 Å². The number of hydrogen-bond acceptors (Lipinski definition) is 6. The van der Waals surface area contributed by atoms with Gasteiger partial charge in [-0.25, -0.2) is 4.98 Å². The Morgan fingerprint density at radius 2 is 2.20 bits per heavy atom. The maximum absolute atomic E-state index is 12.0. The van der Waals surface area contributed by atoms with Crippen LogP contribution in [-0.4, -0.2) is 33.0 Å². The van der Waals surface area contributed by atoms with E-state index >= 15 is 0 Å². The van der Waals surface area contributed by atoms with E-state index in [1.807, 2.05) is 25.1 Å². The van der Waals surface area contributed by atoms with Crippen LogP contribution >= 0.6 is 19.1 Å². The molecule has 2 aromatic heterocycles. The Morgan fingerprint density at radius 3 is 2.88 bits per heavy atom. The first-order valence-corrected chi connectivity index (χ1v) is 11.1. The average Bonchev–Trinajstić information content (AvgIpc) is 2.59. The molecule has 6 nitrogen and oxygen atoms in total. The van der Waals surface area contributed by atoms with E-state index in [4.69, 9.17) is 4.74 Å². The molecule has 2 atom stereocenters. The standard InChI is InChI=1S/C17H21N2O4PS/c1-13(15-4-3-8-18-11-15)23-17(20)6-5-14-7-9-19-16(10-14)25-12-24(2,21)22/h3-4,7-11,13H,5-6,12H2,1-2H3,(H,21,22)/t13-/m0/s1. The zero-order chi connectivity index (χ0) is 18.3. The largest absolute Gasteiger partial charge is 0.458 e. The van der Waals surface area contributed by atoms with Gasteiger partial charge in [0.05, 0.1) is 10.5 Å². The summed E-state index contributed by atoms with van der Waals surface area (Å²) in [6.07, 6.45) is 5.43. The molecular formula is C17H21N2O4PS. The number of esters is 1. The number of nitrogens with zero attached hydrogens (tertiary/aromatic N) is 2. The maximum atomic E-state index is 12.0. The van der Waals surface area contributed by atoms with Crippen LogP contribution in [0.5, 0.6) is 0 Å². The Bertz CT molecular complexity index is 751. The fourth-order valence-electron chi connectivity index (χ4n) is 2.06. The molecule has 0 bridgehead atoms. The molecule has 25 heavy (non-hydrogen) atoms. The second-order valence-electron chi connectivity index (χ2n) is 5.75. The Hall–Kier alpha value is -1.69. The SMILES string of the molecule is C[C@H](OC(=O)CCc1ccnc(SCP(C)(=O)O)c1)c1cccnc1. The third-order valence-electron chi connectivity index (χ3n) is 3.33. The summed E-state index contributed by atoms with van der Waals surface area (Å²) >= 11 is 1.24. The molecule has 0 fully saturated rings. The lowest BCUT2D eigenvalue weighted by atomic mass is 10.1. The number of thioether (sulfide) groups is 1. The summed E-state index contributed by atoms with van der Waals surface area (Å²) < 4.78 is 16.8. The van der Waals surface area contributed by atoms with E-state index in [1.54, 1.807) is 24.7 Å². The van der Waals surface area contributed by atoms with Crippen molar-refractivity contribution in [1.82, 2.24) is 9.97 Å². The van der Waals surface area contributed by atoms with Gasteiger partial charge in [0.25, 0.3) is 0 Å². The van der Waals surface area contributed by atoms with Crippen LogP contribution in [0.4, 0.5) is 0 Å². The summed E-state index contributed by atoms with van der Waals surface area (Å²) in [5.41, 5.74) is 1.91. The molecule has 0 aromatic carbocycles. The predicted molar refractivity (Wildman–Crippen MR) is 97.8 cm³/mol. The summed E-state index contributed by atoms with van der Waals surface area (Å²) in [7, 11) is -3.08. The quantitative estimate of drug-likeness (QED) is 0.425. The first-order chi connectivity index (χ1) is 11.8. The molecule has 0 aliphatic heterocycles. The van der Waals surface area contributed by atoms with E-state index in [9.17, 15) is 14.3 Å².